The predicted octanol–water partition coefficient (Wildman–Crippen LogP) is 1.47. The van der Waals surface area contributed by atoms with E-state index < -0.39 is 15.9 Å². The van der Waals surface area contributed by atoms with Crippen LogP contribution >= 0.6 is 11.6 Å². The molecule has 1 aromatic carbocycles. The molecule has 8 heteroatoms. The molecule has 0 fully saturated rings. The van der Waals surface area contributed by atoms with Crippen molar-refractivity contribution in [1.29, 1.82) is 0 Å². The molecule has 1 rings (SSSR count). The fourth-order valence-electron chi connectivity index (χ4n) is 1.42. The first-order chi connectivity index (χ1) is 9.35. The molecule has 0 aromatic heterocycles. The van der Waals surface area contributed by atoms with Gasteiger partial charge in [-0.05, 0) is 30.7 Å². The zero-order chi connectivity index (χ0) is 15.2. The first-order valence-electron chi connectivity index (χ1n) is 5.84. The van der Waals surface area contributed by atoms with Gasteiger partial charge in [0.25, 0.3) is 10.0 Å². The molecule has 0 saturated heterocycles. The highest BCUT2D eigenvalue weighted by Gasteiger charge is 2.15. The second kappa shape index (κ2) is 7.25. The number of amides is 2. The molecule has 0 heterocycles. The van der Waals surface area contributed by atoms with E-state index in [1.807, 2.05) is 4.72 Å². The molecule has 1 aromatic rings. The number of hydrogen-bond donors (Lipinski definition) is 2. The minimum atomic E-state index is -3.85. The molecular formula is C12H15ClN2O4S. The molecule has 0 atom stereocenters. The molecule has 0 unspecified atom stereocenters. The summed E-state index contributed by atoms with van der Waals surface area (Å²) in [6.45, 7) is 1.11. The summed E-state index contributed by atoms with van der Waals surface area (Å²) in [5.41, 5.74) is 0.478. The number of carbonyl (C=O) groups is 2. The van der Waals surface area contributed by atoms with E-state index in [4.69, 9.17) is 11.6 Å². The van der Waals surface area contributed by atoms with Crippen molar-refractivity contribution in [2.24, 2.45) is 0 Å². The Hall–Kier alpha value is -1.60. The van der Waals surface area contributed by atoms with Crippen LogP contribution in [0.15, 0.2) is 29.2 Å². The van der Waals surface area contributed by atoms with Gasteiger partial charge in [0.2, 0.25) is 11.8 Å². The van der Waals surface area contributed by atoms with Crippen LogP contribution in [0.5, 0.6) is 0 Å². The number of halogens is 1. The maximum Gasteiger partial charge on any atom is 0.264 e. The summed E-state index contributed by atoms with van der Waals surface area (Å²) >= 11 is 5.48. The number of sulfonamides is 1. The first-order valence-corrected chi connectivity index (χ1v) is 7.86. The summed E-state index contributed by atoms with van der Waals surface area (Å²) in [4.78, 5) is 22.2. The van der Waals surface area contributed by atoms with Crippen LogP contribution < -0.4 is 10.0 Å². The maximum atomic E-state index is 11.7. The number of alkyl halides is 1. The minimum Gasteiger partial charge on any atom is -0.326 e. The van der Waals surface area contributed by atoms with Crippen LogP contribution in [-0.4, -0.2) is 26.1 Å². The zero-order valence-corrected chi connectivity index (χ0v) is 12.4. The number of anilines is 1. The first kappa shape index (κ1) is 16.5. The van der Waals surface area contributed by atoms with Gasteiger partial charge < -0.3 is 5.32 Å². The van der Waals surface area contributed by atoms with E-state index in [0.29, 0.717) is 24.4 Å². The largest absolute Gasteiger partial charge is 0.326 e. The molecule has 0 bridgehead atoms. The van der Waals surface area contributed by atoms with Gasteiger partial charge in [0.15, 0.2) is 0 Å². The van der Waals surface area contributed by atoms with Crippen molar-refractivity contribution in [2.45, 2.75) is 24.7 Å². The van der Waals surface area contributed by atoms with E-state index in [1.165, 1.54) is 24.3 Å². The SMILES string of the molecule is CC(=O)NS(=O)(=O)c1ccc(NC(=O)CCCCl)cc1. The molecule has 110 valence electrons. The van der Waals surface area contributed by atoms with Crippen LogP contribution in [0, 0.1) is 0 Å². The van der Waals surface area contributed by atoms with Crippen molar-refractivity contribution >= 4 is 39.1 Å². The topological polar surface area (TPSA) is 92.3 Å². The molecule has 20 heavy (non-hydrogen) atoms. The highest BCUT2D eigenvalue weighted by molar-refractivity contribution is 7.90. The molecule has 0 radical (unpaired) electrons. The van der Waals surface area contributed by atoms with Gasteiger partial charge in [-0.15, -0.1) is 11.6 Å². The van der Waals surface area contributed by atoms with Gasteiger partial charge in [0, 0.05) is 24.9 Å². The Morgan fingerprint density at radius 1 is 1.20 bits per heavy atom. The molecule has 2 amide bonds. The summed E-state index contributed by atoms with van der Waals surface area (Å²) in [6.07, 6.45) is 0.873. The van der Waals surface area contributed by atoms with Gasteiger partial charge in [0.1, 0.15) is 0 Å². The third kappa shape index (κ3) is 5.18. The molecule has 6 nitrogen and oxygen atoms in total. The van der Waals surface area contributed by atoms with Crippen LogP contribution in [0.4, 0.5) is 5.69 Å². The molecule has 2 N–H and O–H groups in total. The normalized spacial score (nSPS) is 10.9. The lowest BCUT2D eigenvalue weighted by atomic mass is 10.3. The minimum absolute atomic E-state index is 0.0496. The second-order valence-corrected chi connectivity index (χ2v) is 6.09. The van der Waals surface area contributed by atoms with Gasteiger partial charge in [-0.25, -0.2) is 13.1 Å². The van der Waals surface area contributed by atoms with Crippen molar-refractivity contribution in [3.05, 3.63) is 24.3 Å². The number of nitrogens with one attached hydrogen (secondary N) is 2. The molecule has 0 aliphatic carbocycles. The molecule has 0 aliphatic rings. The smallest absolute Gasteiger partial charge is 0.264 e. The molecule has 0 saturated carbocycles. The van der Waals surface area contributed by atoms with Crippen molar-refractivity contribution in [3.8, 4) is 0 Å². The zero-order valence-electron chi connectivity index (χ0n) is 10.8. The third-order valence-electron chi connectivity index (χ3n) is 2.26. The lowest BCUT2D eigenvalue weighted by molar-refractivity contribution is -0.117. The number of benzene rings is 1. The van der Waals surface area contributed by atoms with E-state index in [2.05, 4.69) is 5.32 Å². The van der Waals surface area contributed by atoms with Crippen LogP contribution in [-0.2, 0) is 19.6 Å². The van der Waals surface area contributed by atoms with Crippen LogP contribution in [0.25, 0.3) is 0 Å². The Morgan fingerprint density at radius 2 is 1.80 bits per heavy atom. The number of hydrogen-bond acceptors (Lipinski definition) is 4. The van der Waals surface area contributed by atoms with Gasteiger partial charge in [-0.1, -0.05) is 0 Å². The Bertz CT molecular complexity index is 584. The average molecular weight is 319 g/mol. The fraction of sp³-hybridized carbons (Fsp3) is 0.333. The lowest BCUT2D eigenvalue weighted by Gasteiger charge is -2.07. The molecular weight excluding hydrogens is 304 g/mol. The maximum absolute atomic E-state index is 11.7. The van der Waals surface area contributed by atoms with Gasteiger partial charge in [-0.3, -0.25) is 9.59 Å². The quantitative estimate of drug-likeness (QED) is 0.777. The van der Waals surface area contributed by atoms with Crippen molar-refractivity contribution in [1.82, 2.24) is 4.72 Å². The van der Waals surface area contributed by atoms with Crippen LogP contribution in [0.2, 0.25) is 0 Å². The van der Waals surface area contributed by atoms with Crippen LogP contribution in [0.1, 0.15) is 19.8 Å². The Labute approximate surface area is 122 Å². The van der Waals surface area contributed by atoms with Gasteiger partial charge >= 0.3 is 0 Å². The summed E-state index contributed by atoms with van der Waals surface area (Å²) < 4.78 is 25.2. The summed E-state index contributed by atoms with van der Waals surface area (Å²) in [5.74, 6) is -0.451. The predicted molar refractivity (Wildman–Crippen MR) is 76.0 cm³/mol. The second-order valence-electron chi connectivity index (χ2n) is 4.03. The highest BCUT2D eigenvalue weighted by Crippen LogP contribution is 2.14. The molecule has 0 spiro atoms. The fourth-order valence-corrected chi connectivity index (χ4v) is 2.54. The summed E-state index contributed by atoms with van der Waals surface area (Å²) in [7, 11) is -3.85. The van der Waals surface area contributed by atoms with E-state index in [9.17, 15) is 18.0 Å². The van der Waals surface area contributed by atoms with E-state index in [1.54, 1.807) is 0 Å². The van der Waals surface area contributed by atoms with E-state index >= 15 is 0 Å². The summed E-state index contributed by atoms with van der Waals surface area (Å²) in [6, 6.07) is 5.52. The third-order valence-corrected chi connectivity index (χ3v) is 3.98. The van der Waals surface area contributed by atoms with Crippen LogP contribution in [0.3, 0.4) is 0 Å². The lowest BCUT2D eigenvalue weighted by Crippen LogP contribution is -2.28. The van der Waals surface area contributed by atoms with E-state index in [0.717, 1.165) is 6.92 Å². The number of rotatable bonds is 6. The Kier molecular flexibility index (Phi) is 5.97. The average Bonchev–Trinajstić information content (AvgIpc) is 2.35. The standard InChI is InChI=1S/C12H15ClN2O4S/c1-9(16)15-20(18,19)11-6-4-10(5-7-11)14-12(17)3-2-8-13/h4-7H,2-3,8H2,1H3,(H,14,17)(H,15,16). The Morgan fingerprint density at radius 3 is 2.30 bits per heavy atom. The highest BCUT2D eigenvalue weighted by atomic mass is 35.5. The molecule has 0 aliphatic heterocycles. The van der Waals surface area contributed by atoms with E-state index in [-0.39, 0.29) is 10.8 Å². The number of carbonyl (C=O) groups excluding carboxylic acids is 2. The Balaban J connectivity index is 2.74. The van der Waals surface area contributed by atoms with Gasteiger partial charge in [-0.2, -0.15) is 0 Å². The monoisotopic (exact) mass is 318 g/mol. The van der Waals surface area contributed by atoms with Crippen molar-refractivity contribution in [2.75, 3.05) is 11.2 Å². The van der Waals surface area contributed by atoms with Crippen molar-refractivity contribution < 1.29 is 18.0 Å². The summed E-state index contributed by atoms with van der Waals surface area (Å²) in [5, 5.41) is 2.62. The van der Waals surface area contributed by atoms with Gasteiger partial charge in [0.05, 0.1) is 4.90 Å². The van der Waals surface area contributed by atoms with Crippen molar-refractivity contribution in [3.63, 3.8) is 0 Å².